The van der Waals surface area contributed by atoms with Gasteiger partial charge in [-0.3, -0.25) is 11.3 Å². The molecule has 0 amide bonds. The zero-order valence-electron chi connectivity index (χ0n) is 12.1. The molecule has 112 valence electrons. The fourth-order valence-corrected chi connectivity index (χ4v) is 3.53. The van der Waals surface area contributed by atoms with E-state index in [1.165, 1.54) is 16.0 Å². The van der Waals surface area contributed by atoms with Crippen molar-refractivity contribution in [1.29, 1.82) is 0 Å². The molecule has 0 heterocycles. The molecule has 0 aliphatic heterocycles. The highest BCUT2D eigenvalue weighted by Gasteiger charge is 2.14. The second kappa shape index (κ2) is 7.84. The van der Waals surface area contributed by atoms with Crippen molar-refractivity contribution in [2.24, 2.45) is 5.84 Å². The number of ether oxygens (including phenoxy) is 1. The van der Waals surface area contributed by atoms with Crippen LogP contribution in [0.1, 0.15) is 17.2 Å². The van der Waals surface area contributed by atoms with Crippen LogP contribution in [0.3, 0.4) is 0 Å². The van der Waals surface area contributed by atoms with Crippen LogP contribution >= 0.6 is 27.7 Å². The zero-order valence-corrected chi connectivity index (χ0v) is 14.5. The summed E-state index contributed by atoms with van der Waals surface area (Å²) in [5, 5.41) is 0. The van der Waals surface area contributed by atoms with Gasteiger partial charge < -0.3 is 4.74 Å². The highest BCUT2D eigenvalue weighted by atomic mass is 79.9. The highest BCUT2D eigenvalue weighted by Crippen LogP contribution is 2.30. The van der Waals surface area contributed by atoms with Crippen molar-refractivity contribution < 1.29 is 4.74 Å². The first-order valence-electron chi connectivity index (χ1n) is 6.61. The van der Waals surface area contributed by atoms with Crippen LogP contribution in [0.25, 0.3) is 0 Å². The van der Waals surface area contributed by atoms with E-state index < -0.39 is 0 Å². The quantitative estimate of drug-likeness (QED) is 0.462. The summed E-state index contributed by atoms with van der Waals surface area (Å²) in [4.78, 5) is 1.24. The van der Waals surface area contributed by atoms with Crippen molar-refractivity contribution in [1.82, 2.24) is 5.43 Å². The Morgan fingerprint density at radius 3 is 2.67 bits per heavy atom. The number of nitrogens with one attached hydrogen (secondary N) is 1. The number of hydrazine groups is 1. The van der Waals surface area contributed by atoms with Crippen LogP contribution in [-0.4, -0.2) is 13.4 Å². The lowest BCUT2D eigenvalue weighted by Crippen LogP contribution is -2.30. The van der Waals surface area contributed by atoms with Crippen molar-refractivity contribution in [3.63, 3.8) is 0 Å². The molecular weight excluding hydrogens is 348 g/mol. The van der Waals surface area contributed by atoms with Gasteiger partial charge in [-0.15, -0.1) is 11.8 Å². The van der Waals surface area contributed by atoms with Crippen molar-refractivity contribution in [3.05, 3.63) is 58.1 Å². The van der Waals surface area contributed by atoms with Crippen LogP contribution in [0.15, 0.2) is 51.8 Å². The van der Waals surface area contributed by atoms with Crippen LogP contribution < -0.4 is 16.0 Å². The van der Waals surface area contributed by atoms with E-state index in [1.807, 2.05) is 18.2 Å². The van der Waals surface area contributed by atoms with Gasteiger partial charge >= 0.3 is 0 Å². The second-order valence-corrected chi connectivity index (χ2v) is 6.34. The highest BCUT2D eigenvalue weighted by molar-refractivity contribution is 9.10. The minimum absolute atomic E-state index is 0.0777. The molecule has 0 radical (unpaired) electrons. The number of rotatable bonds is 6. The van der Waals surface area contributed by atoms with Gasteiger partial charge in [-0.2, -0.15) is 0 Å². The van der Waals surface area contributed by atoms with Gasteiger partial charge in [0.1, 0.15) is 5.75 Å². The lowest BCUT2D eigenvalue weighted by atomic mass is 9.99. The number of thioether (sulfide) groups is 1. The Morgan fingerprint density at radius 2 is 2.05 bits per heavy atom. The molecule has 21 heavy (non-hydrogen) atoms. The Kier molecular flexibility index (Phi) is 6.11. The maximum absolute atomic E-state index is 5.77. The van der Waals surface area contributed by atoms with Gasteiger partial charge in [-0.05, 0) is 57.9 Å². The normalized spacial score (nSPS) is 12.2. The summed E-state index contributed by atoms with van der Waals surface area (Å²) in [6.07, 6.45) is 2.90. The summed E-state index contributed by atoms with van der Waals surface area (Å²) in [7, 11) is 1.67. The number of methoxy groups -OCH3 is 1. The van der Waals surface area contributed by atoms with Gasteiger partial charge in [0.15, 0.2) is 0 Å². The molecule has 2 aromatic carbocycles. The molecule has 3 nitrogen and oxygen atoms in total. The molecule has 2 aromatic rings. The van der Waals surface area contributed by atoms with Gasteiger partial charge in [0.2, 0.25) is 0 Å². The second-order valence-electron chi connectivity index (χ2n) is 4.63. The minimum atomic E-state index is 0.0777. The van der Waals surface area contributed by atoms with Crippen LogP contribution in [0.5, 0.6) is 5.75 Å². The van der Waals surface area contributed by atoms with E-state index in [0.29, 0.717) is 0 Å². The molecule has 0 aliphatic rings. The van der Waals surface area contributed by atoms with Crippen molar-refractivity contribution in [3.8, 4) is 5.75 Å². The molecule has 0 aromatic heterocycles. The van der Waals surface area contributed by atoms with Gasteiger partial charge in [0.25, 0.3) is 0 Å². The first kappa shape index (κ1) is 16.4. The molecule has 0 fully saturated rings. The predicted molar refractivity (Wildman–Crippen MR) is 92.7 cm³/mol. The number of hydrogen-bond acceptors (Lipinski definition) is 4. The van der Waals surface area contributed by atoms with Gasteiger partial charge in [-0.25, -0.2) is 0 Å². The average molecular weight is 367 g/mol. The van der Waals surface area contributed by atoms with Crippen LogP contribution in [0.4, 0.5) is 0 Å². The predicted octanol–water partition coefficient (Wildman–Crippen LogP) is 3.93. The lowest BCUT2D eigenvalue weighted by Gasteiger charge is -2.19. The first-order chi connectivity index (χ1) is 10.2. The molecule has 0 saturated heterocycles. The van der Waals surface area contributed by atoms with Crippen molar-refractivity contribution >= 4 is 27.7 Å². The molecule has 0 bridgehead atoms. The standard InChI is InChI=1S/C16H19BrN2OS/c1-20-15-8-7-11(9-13(15)17)10-14(19-18)12-5-3-4-6-16(12)21-2/h3-9,14,19H,10,18H2,1-2H3. The molecule has 1 atom stereocenters. The average Bonchev–Trinajstić information content (AvgIpc) is 2.52. The molecule has 0 aliphatic carbocycles. The Balaban J connectivity index is 2.25. The van der Waals surface area contributed by atoms with Crippen molar-refractivity contribution in [2.45, 2.75) is 17.4 Å². The summed E-state index contributed by atoms with van der Waals surface area (Å²) in [6, 6.07) is 14.5. The number of benzene rings is 2. The fourth-order valence-electron chi connectivity index (χ4n) is 2.29. The van der Waals surface area contributed by atoms with E-state index in [0.717, 1.165) is 16.6 Å². The minimum Gasteiger partial charge on any atom is -0.496 e. The Hall–Kier alpha value is -1.01. The lowest BCUT2D eigenvalue weighted by molar-refractivity contribution is 0.412. The third kappa shape index (κ3) is 4.01. The van der Waals surface area contributed by atoms with E-state index in [-0.39, 0.29) is 6.04 Å². The van der Waals surface area contributed by atoms with E-state index in [9.17, 15) is 0 Å². The number of hydrogen-bond donors (Lipinski definition) is 2. The molecular formula is C16H19BrN2OS. The largest absolute Gasteiger partial charge is 0.496 e. The van der Waals surface area contributed by atoms with E-state index in [2.05, 4.69) is 51.9 Å². The summed E-state index contributed by atoms with van der Waals surface area (Å²) < 4.78 is 6.22. The summed E-state index contributed by atoms with van der Waals surface area (Å²) in [6.45, 7) is 0. The molecule has 3 N–H and O–H groups in total. The third-order valence-electron chi connectivity index (χ3n) is 3.37. The Bertz CT molecular complexity index is 607. The molecule has 1 unspecified atom stereocenters. The summed E-state index contributed by atoms with van der Waals surface area (Å²) >= 11 is 5.26. The Labute approximate surface area is 138 Å². The SMILES string of the molecule is COc1ccc(CC(NN)c2ccccc2SC)cc1Br. The third-order valence-corrected chi connectivity index (χ3v) is 4.80. The van der Waals surface area contributed by atoms with Gasteiger partial charge in [0, 0.05) is 4.90 Å². The van der Waals surface area contributed by atoms with E-state index in [1.54, 1.807) is 18.9 Å². The summed E-state index contributed by atoms with van der Waals surface area (Å²) in [5.41, 5.74) is 5.35. The van der Waals surface area contributed by atoms with Crippen molar-refractivity contribution in [2.75, 3.05) is 13.4 Å². The topological polar surface area (TPSA) is 47.3 Å². The van der Waals surface area contributed by atoms with Crippen LogP contribution in [0, 0.1) is 0 Å². The van der Waals surface area contributed by atoms with E-state index >= 15 is 0 Å². The summed E-state index contributed by atoms with van der Waals surface area (Å²) in [5.74, 6) is 6.61. The van der Waals surface area contributed by atoms with Gasteiger partial charge in [0.05, 0.1) is 17.6 Å². The van der Waals surface area contributed by atoms with Crippen LogP contribution in [0.2, 0.25) is 0 Å². The molecule has 2 rings (SSSR count). The maximum atomic E-state index is 5.77. The van der Waals surface area contributed by atoms with Crippen LogP contribution in [-0.2, 0) is 6.42 Å². The van der Waals surface area contributed by atoms with E-state index in [4.69, 9.17) is 10.6 Å². The molecule has 0 spiro atoms. The first-order valence-corrected chi connectivity index (χ1v) is 8.62. The zero-order chi connectivity index (χ0) is 15.2. The van der Waals surface area contributed by atoms with Gasteiger partial charge in [-0.1, -0.05) is 24.3 Å². The fraction of sp³-hybridized carbons (Fsp3) is 0.250. The molecule has 0 saturated carbocycles. The maximum Gasteiger partial charge on any atom is 0.133 e. The smallest absolute Gasteiger partial charge is 0.133 e. The molecule has 5 heteroatoms. The monoisotopic (exact) mass is 366 g/mol. The number of nitrogens with two attached hydrogens (primary N) is 1. The number of halogens is 1. The Morgan fingerprint density at radius 1 is 1.29 bits per heavy atom.